The van der Waals surface area contributed by atoms with Crippen LogP contribution in [0.15, 0.2) is 53.6 Å². The third-order valence-electron chi connectivity index (χ3n) is 5.15. The number of hydrogen-bond acceptors (Lipinski definition) is 5. The van der Waals surface area contributed by atoms with E-state index < -0.39 is 19.7 Å². The lowest BCUT2D eigenvalue weighted by Gasteiger charge is -2.10. The number of rotatable bonds is 7. The van der Waals surface area contributed by atoms with Gasteiger partial charge in [0.05, 0.1) is 28.2 Å². The predicted octanol–water partition coefficient (Wildman–Crippen LogP) is 3.53. The van der Waals surface area contributed by atoms with E-state index in [1.165, 1.54) is 12.5 Å². The van der Waals surface area contributed by atoms with Gasteiger partial charge in [0.15, 0.2) is 9.84 Å². The summed E-state index contributed by atoms with van der Waals surface area (Å²) in [7, 11) is -6.48. The minimum Gasteiger partial charge on any atom is -0.339 e. The third-order valence-corrected chi connectivity index (χ3v) is 7.54. The molecule has 0 radical (unpaired) electrons. The highest BCUT2D eigenvalue weighted by Gasteiger charge is 2.19. The maximum atomic E-state index is 12.3. The largest absolute Gasteiger partial charge is 0.339 e. The van der Waals surface area contributed by atoms with Crippen LogP contribution >= 0.6 is 11.6 Å². The molecule has 0 bridgehead atoms. The van der Waals surface area contributed by atoms with Crippen LogP contribution in [0.4, 0.5) is 0 Å². The van der Waals surface area contributed by atoms with Crippen molar-refractivity contribution in [1.29, 1.82) is 0 Å². The van der Waals surface area contributed by atoms with Crippen molar-refractivity contribution in [3.63, 3.8) is 0 Å². The van der Waals surface area contributed by atoms with E-state index in [1.54, 1.807) is 24.4 Å². The highest BCUT2D eigenvalue weighted by atomic mass is 35.5. The van der Waals surface area contributed by atoms with Crippen LogP contribution in [-0.4, -0.2) is 49.2 Å². The molecule has 0 atom stereocenters. The summed E-state index contributed by atoms with van der Waals surface area (Å²) in [5, 5.41) is 1.22. The van der Waals surface area contributed by atoms with E-state index in [4.69, 9.17) is 16.6 Å². The minimum atomic E-state index is -3.40. The molecule has 0 spiro atoms. The van der Waals surface area contributed by atoms with E-state index in [0.29, 0.717) is 41.3 Å². The molecule has 2 heterocycles. The molecule has 31 heavy (non-hydrogen) atoms. The summed E-state index contributed by atoms with van der Waals surface area (Å²) in [6.45, 7) is 0.805. The Kier molecular flexibility index (Phi) is 5.61. The summed E-state index contributed by atoms with van der Waals surface area (Å²) in [5.41, 5.74) is 2.35. The van der Waals surface area contributed by atoms with Gasteiger partial charge < -0.3 is 9.13 Å². The number of imidazole rings is 1. The zero-order valence-electron chi connectivity index (χ0n) is 17.1. The summed E-state index contributed by atoms with van der Waals surface area (Å²) in [5.74, 6) is 0.774. The molecule has 0 saturated heterocycles. The number of fused-ring (bicyclic) bond motifs is 2. The van der Waals surface area contributed by atoms with Crippen LogP contribution < -0.4 is 0 Å². The van der Waals surface area contributed by atoms with E-state index in [2.05, 4.69) is 0 Å². The lowest BCUT2D eigenvalue weighted by atomic mass is 10.2. The Morgan fingerprint density at radius 1 is 1.00 bits per heavy atom. The number of halogens is 1. The second-order valence-electron chi connectivity index (χ2n) is 7.71. The molecule has 4 rings (SSSR count). The van der Waals surface area contributed by atoms with Crippen molar-refractivity contribution in [2.75, 3.05) is 18.3 Å². The van der Waals surface area contributed by atoms with Crippen LogP contribution in [0, 0.1) is 0 Å². The first kappa shape index (κ1) is 21.9. The molecule has 0 aliphatic heterocycles. The Morgan fingerprint density at radius 3 is 2.45 bits per heavy atom. The quantitative estimate of drug-likeness (QED) is 0.404. The first-order chi connectivity index (χ1) is 14.5. The lowest BCUT2D eigenvalue weighted by Crippen LogP contribution is -2.12. The molecule has 0 saturated carbocycles. The van der Waals surface area contributed by atoms with E-state index in [9.17, 15) is 16.8 Å². The molecule has 0 amide bonds. The standard InChI is InChI=1S/C21H22ClN3O4S2/c1-30(26,27)11-5-10-25-19-9-8-15(22)12-17(19)23-21(25)14-24-13-20(31(2,28)29)16-6-3-4-7-18(16)24/h3-4,6-9,12-13H,5,10-11,14H2,1-2H3. The minimum absolute atomic E-state index is 0.0738. The zero-order chi connectivity index (χ0) is 22.4. The normalized spacial score (nSPS) is 12.7. The number of nitrogens with zero attached hydrogens (tertiary/aromatic N) is 3. The molecular weight excluding hydrogens is 458 g/mol. The van der Waals surface area contributed by atoms with Crippen molar-refractivity contribution >= 4 is 53.2 Å². The summed E-state index contributed by atoms with van der Waals surface area (Å²) in [4.78, 5) is 4.99. The molecule has 0 aliphatic carbocycles. The van der Waals surface area contributed by atoms with Crippen molar-refractivity contribution in [1.82, 2.24) is 14.1 Å². The van der Waals surface area contributed by atoms with Gasteiger partial charge in [0, 0.05) is 41.2 Å². The SMILES string of the molecule is CS(=O)(=O)CCCn1c(Cn2cc(S(C)(=O)=O)c3ccccc32)nc2cc(Cl)ccc21. The number of sulfone groups is 2. The van der Waals surface area contributed by atoms with E-state index in [-0.39, 0.29) is 10.6 Å². The first-order valence-corrected chi connectivity index (χ1v) is 14.0. The van der Waals surface area contributed by atoms with Crippen molar-refractivity contribution < 1.29 is 16.8 Å². The number of hydrogen-bond donors (Lipinski definition) is 0. The fraction of sp³-hybridized carbons (Fsp3) is 0.286. The smallest absolute Gasteiger partial charge is 0.177 e. The third kappa shape index (κ3) is 4.63. The fourth-order valence-electron chi connectivity index (χ4n) is 3.80. The van der Waals surface area contributed by atoms with Gasteiger partial charge in [-0.15, -0.1) is 0 Å². The van der Waals surface area contributed by atoms with Gasteiger partial charge in [0.2, 0.25) is 0 Å². The number of aryl methyl sites for hydroxylation is 1. The maximum absolute atomic E-state index is 12.3. The molecule has 0 N–H and O–H groups in total. The molecule has 2 aromatic heterocycles. The van der Waals surface area contributed by atoms with Crippen molar-refractivity contribution in [2.45, 2.75) is 24.4 Å². The Labute approximate surface area is 186 Å². The maximum Gasteiger partial charge on any atom is 0.177 e. The highest BCUT2D eigenvalue weighted by Crippen LogP contribution is 2.27. The van der Waals surface area contributed by atoms with Crippen molar-refractivity contribution in [3.8, 4) is 0 Å². The summed E-state index contributed by atoms with van der Waals surface area (Å²) in [6, 6.07) is 12.7. The van der Waals surface area contributed by atoms with Crippen LogP contribution in [0.1, 0.15) is 12.2 Å². The molecule has 0 fully saturated rings. The molecule has 0 aliphatic rings. The second kappa shape index (κ2) is 7.96. The van der Waals surface area contributed by atoms with Gasteiger partial charge in [-0.3, -0.25) is 0 Å². The summed E-state index contributed by atoms with van der Waals surface area (Å²) in [6.07, 6.45) is 4.49. The highest BCUT2D eigenvalue weighted by molar-refractivity contribution is 7.91. The molecule has 2 aromatic carbocycles. The molecule has 164 valence electrons. The molecule has 0 unspecified atom stereocenters. The molecule has 10 heteroatoms. The van der Waals surface area contributed by atoms with Crippen molar-refractivity contribution in [2.24, 2.45) is 0 Å². The number of benzene rings is 2. The second-order valence-corrected chi connectivity index (χ2v) is 12.4. The topological polar surface area (TPSA) is 91.0 Å². The van der Waals surface area contributed by atoms with E-state index in [0.717, 1.165) is 11.0 Å². The molecular formula is C21H22ClN3O4S2. The Bertz CT molecular complexity index is 1500. The van der Waals surface area contributed by atoms with Crippen LogP contribution in [0.3, 0.4) is 0 Å². The first-order valence-electron chi connectivity index (χ1n) is 9.63. The Morgan fingerprint density at radius 2 is 1.74 bits per heavy atom. The van der Waals surface area contributed by atoms with Crippen LogP contribution in [0.5, 0.6) is 0 Å². The summed E-state index contributed by atoms with van der Waals surface area (Å²) >= 11 is 6.14. The summed E-state index contributed by atoms with van der Waals surface area (Å²) < 4.78 is 51.6. The predicted molar refractivity (Wildman–Crippen MR) is 123 cm³/mol. The van der Waals surface area contributed by atoms with Crippen LogP contribution in [0.2, 0.25) is 5.02 Å². The van der Waals surface area contributed by atoms with Crippen LogP contribution in [0.25, 0.3) is 21.9 Å². The average Bonchev–Trinajstić information content (AvgIpc) is 3.19. The Hall–Kier alpha value is -2.36. The fourth-order valence-corrected chi connectivity index (χ4v) is 5.51. The van der Waals surface area contributed by atoms with Gasteiger partial charge >= 0.3 is 0 Å². The lowest BCUT2D eigenvalue weighted by molar-refractivity contribution is 0.587. The molecule has 7 nitrogen and oxygen atoms in total. The number of para-hydroxylation sites is 1. The van der Waals surface area contributed by atoms with Gasteiger partial charge in [0.1, 0.15) is 15.7 Å². The van der Waals surface area contributed by atoms with Gasteiger partial charge in [-0.1, -0.05) is 29.8 Å². The number of aromatic nitrogens is 3. The van der Waals surface area contributed by atoms with Gasteiger partial charge in [-0.25, -0.2) is 21.8 Å². The van der Waals surface area contributed by atoms with Crippen LogP contribution in [-0.2, 0) is 32.8 Å². The van der Waals surface area contributed by atoms with Gasteiger partial charge in [-0.2, -0.15) is 0 Å². The average molecular weight is 480 g/mol. The monoisotopic (exact) mass is 479 g/mol. The van der Waals surface area contributed by atoms with Gasteiger partial charge in [0.25, 0.3) is 0 Å². The van der Waals surface area contributed by atoms with E-state index >= 15 is 0 Å². The molecule has 4 aromatic rings. The zero-order valence-corrected chi connectivity index (χ0v) is 19.5. The Balaban J connectivity index is 1.80. The van der Waals surface area contributed by atoms with Gasteiger partial charge in [-0.05, 0) is 30.7 Å². The van der Waals surface area contributed by atoms with Crippen molar-refractivity contribution in [3.05, 3.63) is 59.5 Å². The van der Waals surface area contributed by atoms with E-state index in [1.807, 2.05) is 33.4 Å².